The molecule has 0 spiro atoms. The van der Waals surface area contributed by atoms with E-state index >= 15 is 0 Å². The molecule has 25 heavy (non-hydrogen) atoms. The fraction of sp³-hybridized carbons (Fsp3) is 0.300. The summed E-state index contributed by atoms with van der Waals surface area (Å²) in [5, 5.41) is 16.2. The number of carbonyl (C=O) groups is 2. The van der Waals surface area contributed by atoms with Crippen molar-refractivity contribution in [1.29, 1.82) is 0 Å². The van der Waals surface area contributed by atoms with Crippen LogP contribution in [0.5, 0.6) is 0 Å². The van der Waals surface area contributed by atoms with Gasteiger partial charge in [-0.25, -0.2) is 0 Å². The Morgan fingerprint density at radius 2 is 1.80 bits per heavy atom. The highest BCUT2D eigenvalue weighted by Crippen LogP contribution is 2.45. The van der Waals surface area contributed by atoms with Crippen molar-refractivity contribution in [2.75, 3.05) is 11.9 Å². The molecule has 130 valence electrons. The average molecular weight is 338 g/mol. The first-order valence-corrected chi connectivity index (χ1v) is 8.43. The van der Waals surface area contributed by atoms with Crippen LogP contribution < -0.4 is 10.6 Å². The molecule has 0 saturated heterocycles. The summed E-state index contributed by atoms with van der Waals surface area (Å²) >= 11 is 0. The zero-order chi connectivity index (χ0) is 17.9. The molecule has 5 heteroatoms. The summed E-state index contributed by atoms with van der Waals surface area (Å²) in [5.41, 5.74) is 1.18. The van der Waals surface area contributed by atoms with Gasteiger partial charge in [0.2, 0.25) is 0 Å². The number of hydrogen-bond donors (Lipinski definition) is 3. The van der Waals surface area contributed by atoms with Gasteiger partial charge in [0.15, 0.2) is 0 Å². The normalized spacial score (nSPS) is 15.9. The van der Waals surface area contributed by atoms with Crippen LogP contribution in [0.4, 0.5) is 5.69 Å². The van der Waals surface area contributed by atoms with Crippen molar-refractivity contribution in [3.8, 4) is 0 Å². The van der Waals surface area contributed by atoms with Crippen molar-refractivity contribution in [2.45, 2.75) is 25.4 Å². The molecule has 3 N–H and O–H groups in total. The molecule has 0 aliphatic heterocycles. The van der Waals surface area contributed by atoms with Gasteiger partial charge in [0.25, 0.3) is 0 Å². The van der Waals surface area contributed by atoms with Crippen LogP contribution in [0.1, 0.15) is 24.0 Å². The zero-order valence-corrected chi connectivity index (χ0v) is 14.2. The summed E-state index contributed by atoms with van der Waals surface area (Å²) in [7, 11) is 0. The molecule has 3 rings (SSSR count). The van der Waals surface area contributed by atoms with Gasteiger partial charge in [-0.05, 0) is 48.9 Å². The Balaban J connectivity index is 1.63. The van der Waals surface area contributed by atoms with Gasteiger partial charge in [0.1, 0.15) is 5.60 Å². The molecule has 1 atom stereocenters. The van der Waals surface area contributed by atoms with Crippen LogP contribution in [0.3, 0.4) is 0 Å². The molecule has 2 aromatic carbocycles. The molecular weight excluding hydrogens is 316 g/mol. The Hall–Kier alpha value is -2.66. The van der Waals surface area contributed by atoms with E-state index in [1.165, 1.54) is 0 Å². The summed E-state index contributed by atoms with van der Waals surface area (Å²) < 4.78 is 0. The van der Waals surface area contributed by atoms with Crippen molar-refractivity contribution < 1.29 is 14.7 Å². The highest BCUT2D eigenvalue weighted by molar-refractivity contribution is 6.39. The third-order valence-corrected chi connectivity index (χ3v) is 4.53. The minimum Gasteiger partial charge on any atom is -0.383 e. The van der Waals surface area contributed by atoms with Gasteiger partial charge >= 0.3 is 11.8 Å². The fourth-order valence-corrected chi connectivity index (χ4v) is 2.98. The van der Waals surface area contributed by atoms with E-state index in [-0.39, 0.29) is 12.5 Å². The lowest BCUT2D eigenvalue weighted by Crippen LogP contribution is -2.45. The van der Waals surface area contributed by atoms with Crippen LogP contribution in [0.15, 0.2) is 54.6 Å². The Bertz CT molecular complexity index is 772. The number of aryl methyl sites for hydroxylation is 1. The maximum atomic E-state index is 12.1. The first-order valence-electron chi connectivity index (χ1n) is 8.43. The number of anilines is 1. The number of aliphatic hydroxyl groups is 1. The number of amides is 2. The summed E-state index contributed by atoms with van der Waals surface area (Å²) in [4.78, 5) is 24.2. The maximum Gasteiger partial charge on any atom is 0.313 e. The number of carbonyl (C=O) groups excluding carboxylic acids is 2. The van der Waals surface area contributed by atoms with Crippen LogP contribution in [0.2, 0.25) is 0 Å². The molecule has 2 aromatic rings. The van der Waals surface area contributed by atoms with Gasteiger partial charge < -0.3 is 15.7 Å². The molecule has 0 radical (unpaired) electrons. The first-order chi connectivity index (χ1) is 12.0. The smallest absolute Gasteiger partial charge is 0.313 e. The van der Waals surface area contributed by atoms with Crippen molar-refractivity contribution in [3.63, 3.8) is 0 Å². The number of rotatable bonds is 5. The molecule has 0 bridgehead atoms. The third kappa shape index (κ3) is 4.06. The van der Waals surface area contributed by atoms with E-state index < -0.39 is 17.4 Å². The maximum absolute atomic E-state index is 12.1. The van der Waals surface area contributed by atoms with Crippen LogP contribution in [0, 0.1) is 12.8 Å². The van der Waals surface area contributed by atoms with E-state index in [1.807, 2.05) is 49.4 Å². The summed E-state index contributed by atoms with van der Waals surface area (Å²) in [5.74, 6) is -1.39. The molecule has 0 unspecified atom stereocenters. The minimum atomic E-state index is -1.14. The average Bonchev–Trinajstić information content (AvgIpc) is 3.45. The van der Waals surface area contributed by atoms with Crippen LogP contribution in [-0.2, 0) is 15.2 Å². The van der Waals surface area contributed by atoms with E-state index in [1.54, 1.807) is 12.1 Å². The molecule has 1 saturated carbocycles. The second-order valence-electron chi connectivity index (χ2n) is 6.57. The zero-order valence-electron chi connectivity index (χ0n) is 14.2. The Morgan fingerprint density at radius 3 is 2.44 bits per heavy atom. The van der Waals surface area contributed by atoms with E-state index in [2.05, 4.69) is 10.6 Å². The quantitative estimate of drug-likeness (QED) is 0.732. The molecule has 5 nitrogen and oxygen atoms in total. The summed E-state index contributed by atoms with van der Waals surface area (Å²) in [6.07, 6.45) is 1.83. The summed E-state index contributed by atoms with van der Waals surface area (Å²) in [6, 6.07) is 16.5. The van der Waals surface area contributed by atoms with Gasteiger partial charge in [-0.1, -0.05) is 42.5 Å². The van der Waals surface area contributed by atoms with Crippen molar-refractivity contribution in [3.05, 3.63) is 65.7 Å². The fourth-order valence-electron chi connectivity index (χ4n) is 2.98. The van der Waals surface area contributed by atoms with Crippen LogP contribution in [0.25, 0.3) is 0 Å². The molecule has 0 heterocycles. The van der Waals surface area contributed by atoms with Gasteiger partial charge in [-0.2, -0.15) is 0 Å². The molecule has 2 amide bonds. The second-order valence-corrected chi connectivity index (χ2v) is 6.57. The molecule has 0 aromatic heterocycles. The first kappa shape index (κ1) is 17.2. The number of hydrogen-bond acceptors (Lipinski definition) is 3. The lowest BCUT2D eigenvalue weighted by atomic mass is 9.88. The second kappa shape index (κ2) is 7.07. The van der Waals surface area contributed by atoms with Crippen LogP contribution in [-0.4, -0.2) is 23.5 Å². The topological polar surface area (TPSA) is 78.4 Å². The van der Waals surface area contributed by atoms with E-state index in [4.69, 9.17) is 0 Å². The molecule has 1 fully saturated rings. The van der Waals surface area contributed by atoms with Gasteiger partial charge in [0.05, 0.1) is 6.54 Å². The van der Waals surface area contributed by atoms with Gasteiger partial charge in [0, 0.05) is 5.69 Å². The van der Waals surface area contributed by atoms with Gasteiger partial charge in [-0.15, -0.1) is 0 Å². The van der Waals surface area contributed by atoms with E-state index in [9.17, 15) is 14.7 Å². The lowest BCUT2D eigenvalue weighted by molar-refractivity contribution is -0.137. The Morgan fingerprint density at radius 1 is 1.08 bits per heavy atom. The van der Waals surface area contributed by atoms with E-state index in [0.717, 1.165) is 24.0 Å². The highest BCUT2D eigenvalue weighted by Gasteiger charge is 2.45. The van der Waals surface area contributed by atoms with Crippen molar-refractivity contribution in [2.24, 2.45) is 5.92 Å². The molecule has 1 aliphatic carbocycles. The Labute approximate surface area is 147 Å². The lowest BCUT2D eigenvalue weighted by Gasteiger charge is -2.29. The summed E-state index contributed by atoms with van der Waals surface area (Å²) in [6.45, 7) is 1.92. The standard InChI is InChI=1S/C20H22N2O3/c1-14-6-5-9-17(12-14)22-19(24)18(23)21-13-20(25,16-10-11-16)15-7-3-2-4-8-15/h2-9,12,16,25H,10-11,13H2,1H3,(H,21,23)(H,22,24)/t20-/m0/s1. The van der Waals surface area contributed by atoms with E-state index in [0.29, 0.717) is 5.69 Å². The molecule has 1 aliphatic rings. The largest absolute Gasteiger partial charge is 0.383 e. The van der Waals surface area contributed by atoms with Crippen molar-refractivity contribution in [1.82, 2.24) is 5.32 Å². The molecular formula is C20H22N2O3. The highest BCUT2D eigenvalue weighted by atomic mass is 16.3. The predicted octanol–water partition coefficient (Wildman–Crippen LogP) is 2.35. The minimum absolute atomic E-state index is 0.0156. The van der Waals surface area contributed by atoms with Crippen molar-refractivity contribution >= 4 is 17.5 Å². The SMILES string of the molecule is Cc1cccc(NC(=O)C(=O)NC[C@](O)(c2ccccc2)C2CC2)c1. The Kier molecular flexibility index (Phi) is 4.86. The third-order valence-electron chi connectivity index (χ3n) is 4.53. The van der Waals surface area contributed by atoms with Gasteiger partial charge in [-0.3, -0.25) is 9.59 Å². The number of benzene rings is 2. The number of nitrogens with one attached hydrogen (secondary N) is 2. The monoisotopic (exact) mass is 338 g/mol. The predicted molar refractivity (Wildman–Crippen MR) is 95.9 cm³/mol. The van der Waals surface area contributed by atoms with Crippen LogP contribution >= 0.6 is 0 Å².